The number of nitrogens with zero attached hydrogens (tertiary/aromatic N) is 1. The summed E-state index contributed by atoms with van der Waals surface area (Å²) in [5, 5.41) is 3.04. The van der Waals surface area contributed by atoms with Crippen LogP contribution in [0.3, 0.4) is 0 Å². The lowest BCUT2D eigenvalue weighted by atomic mass is 10.4. The molecule has 1 N–H and O–H groups in total. The lowest BCUT2D eigenvalue weighted by Gasteiger charge is -2.05. The maximum atomic E-state index is 4.17. The molecule has 0 spiro atoms. The van der Waals surface area contributed by atoms with Gasteiger partial charge in [-0.2, -0.15) is 0 Å². The molecule has 0 aromatic rings. The molecular formula is C6H10N2. The van der Waals surface area contributed by atoms with E-state index in [1.807, 2.05) is 12.3 Å². The smallest absolute Gasteiger partial charge is 0.100 e. The van der Waals surface area contributed by atoms with Crippen LogP contribution < -0.4 is 5.32 Å². The summed E-state index contributed by atoms with van der Waals surface area (Å²) in [5.74, 6) is 1.09. The molecule has 1 rings (SSSR count). The molecular weight excluding hydrogens is 100 g/mol. The summed E-state index contributed by atoms with van der Waals surface area (Å²) in [4.78, 5) is 4.17. The molecule has 0 aliphatic carbocycles. The van der Waals surface area contributed by atoms with Gasteiger partial charge in [0, 0.05) is 6.42 Å². The first-order valence-corrected chi connectivity index (χ1v) is 2.88. The Kier molecular flexibility index (Phi) is 1.67. The molecule has 0 bridgehead atoms. The highest BCUT2D eigenvalue weighted by Gasteiger charge is 1.92. The van der Waals surface area contributed by atoms with Gasteiger partial charge in [-0.05, 0) is 12.3 Å². The summed E-state index contributed by atoms with van der Waals surface area (Å²) in [6.07, 6.45) is 4.94. The van der Waals surface area contributed by atoms with Gasteiger partial charge in [0.05, 0.1) is 6.54 Å². The minimum Gasteiger partial charge on any atom is -0.351 e. The highest BCUT2D eigenvalue weighted by Crippen LogP contribution is 1.88. The Bertz CT molecular complexity index is 124. The number of hydrogen-bond acceptors (Lipinski definition) is 2. The van der Waals surface area contributed by atoms with Gasteiger partial charge in [-0.25, -0.2) is 0 Å². The van der Waals surface area contributed by atoms with Gasteiger partial charge < -0.3 is 5.32 Å². The van der Waals surface area contributed by atoms with Crippen molar-refractivity contribution < 1.29 is 0 Å². The summed E-state index contributed by atoms with van der Waals surface area (Å²) in [7, 11) is 0. The molecule has 0 fully saturated rings. The molecule has 0 amide bonds. The van der Waals surface area contributed by atoms with Crippen molar-refractivity contribution in [2.45, 2.75) is 13.3 Å². The zero-order valence-corrected chi connectivity index (χ0v) is 5.02. The van der Waals surface area contributed by atoms with Crippen LogP contribution in [0, 0.1) is 0 Å². The Hall–Kier alpha value is -0.790. The van der Waals surface area contributed by atoms with E-state index in [1.165, 1.54) is 0 Å². The van der Waals surface area contributed by atoms with Crippen LogP contribution in [-0.2, 0) is 0 Å². The minimum atomic E-state index is 0.843. The monoisotopic (exact) mass is 110 g/mol. The fourth-order valence-electron chi connectivity index (χ4n) is 0.630. The molecule has 0 saturated carbocycles. The van der Waals surface area contributed by atoms with Crippen LogP contribution in [-0.4, -0.2) is 12.4 Å². The summed E-state index contributed by atoms with van der Waals surface area (Å²) in [5.41, 5.74) is 0. The average molecular weight is 110 g/mol. The van der Waals surface area contributed by atoms with E-state index in [2.05, 4.69) is 17.2 Å². The molecule has 1 aliphatic heterocycles. The van der Waals surface area contributed by atoms with Crippen LogP contribution in [0.5, 0.6) is 0 Å². The number of rotatable bonds is 1. The number of aliphatic imine (C=N–C) groups is 1. The summed E-state index contributed by atoms with van der Waals surface area (Å²) in [6, 6.07) is 0. The molecule has 2 heteroatoms. The van der Waals surface area contributed by atoms with Crippen LogP contribution in [0.2, 0.25) is 0 Å². The van der Waals surface area contributed by atoms with Gasteiger partial charge in [0.15, 0.2) is 0 Å². The van der Waals surface area contributed by atoms with Gasteiger partial charge in [-0.1, -0.05) is 6.92 Å². The first-order chi connectivity index (χ1) is 3.93. The molecule has 2 nitrogen and oxygen atoms in total. The van der Waals surface area contributed by atoms with Gasteiger partial charge in [0.2, 0.25) is 0 Å². The van der Waals surface area contributed by atoms with Crippen LogP contribution >= 0.6 is 0 Å². The third-order valence-electron chi connectivity index (χ3n) is 1.09. The van der Waals surface area contributed by atoms with Crippen molar-refractivity contribution in [2.24, 2.45) is 4.99 Å². The van der Waals surface area contributed by atoms with Crippen molar-refractivity contribution in [3.63, 3.8) is 0 Å². The van der Waals surface area contributed by atoms with Crippen molar-refractivity contribution >= 4 is 5.84 Å². The van der Waals surface area contributed by atoms with Crippen molar-refractivity contribution in [1.29, 1.82) is 0 Å². The quantitative estimate of drug-likeness (QED) is 0.533. The normalized spacial score (nSPS) is 17.4. The summed E-state index contributed by atoms with van der Waals surface area (Å²) >= 11 is 0. The Morgan fingerprint density at radius 1 is 1.88 bits per heavy atom. The van der Waals surface area contributed by atoms with Crippen LogP contribution in [0.15, 0.2) is 17.3 Å². The van der Waals surface area contributed by atoms with Gasteiger partial charge >= 0.3 is 0 Å². The molecule has 44 valence electrons. The summed E-state index contributed by atoms with van der Waals surface area (Å²) < 4.78 is 0. The minimum absolute atomic E-state index is 0.843. The van der Waals surface area contributed by atoms with E-state index >= 15 is 0 Å². The molecule has 0 saturated heterocycles. The fourth-order valence-corrected chi connectivity index (χ4v) is 0.630. The van der Waals surface area contributed by atoms with Crippen LogP contribution in [0.1, 0.15) is 13.3 Å². The maximum absolute atomic E-state index is 4.17. The Morgan fingerprint density at radius 2 is 2.75 bits per heavy atom. The van der Waals surface area contributed by atoms with E-state index in [0.29, 0.717) is 0 Å². The average Bonchev–Trinajstić information content (AvgIpc) is 1.90. The fraction of sp³-hybridized carbons (Fsp3) is 0.500. The molecule has 0 radical (unpaired) electrons. The zero-order chi connectivity index (χ0) is 5.82. The Balaban J connectivity index is 2.43. The lowest BCUT2D eigenvalue weighted by molar-refractivity contribution is 1.04. The standard InChI is InChI=1S/C6H10N2/c1-2-6-7-4-3-5-8-6/h3-4H,2,5H2,1H3,(H,7,8). The third-order valence-corrected chi connectivity index (χ3v) is 1.09. The number of hydrogen-bond donors (Lipinski definition) is 1. The second-order valence-corrected chi connectivity index (χ2v) is 1.69. The lowest BCUT2D eigenvalue weighted by Crippen LogP contribution is -2.19. The molecule has 0 unspecified atom stereocenters. The van der Waals surface area contributed by atoms with Crippen LogP contribution in [0.4, 0.5) is 0 Å². The zero-order valence-electron chi connectivity index (χ0n) is 5.02. The number of nitrogens with one attached hydrogen (secondary N) is 1. The Labute approximate surface area is 49.3 Å². The van der Waals surface area contributed by atoms with E-state index in [9.17, 15) is 0 Å². The highest BCUT2D eigenvalue weighted by atomic mass is 15.0. The molecule has 0 aromatic heterocycles. The Morgan fingerprint density at radius 3 is 3.12 bits per heavy atom. The molecule has 0 aromatic carbocycles. The van der Waals surface area contributed by atoms with E-state index in [1.54, 1.807) is 0 Å². The third kappa shape index (κ3) is 1.09. The molecule has 1 heterocycles. The van der Waals surface area contributed by atoms with E-state index in [-0.39, 0.29) is 0 Å². The van der Waals surface area contributed by atoms with E-state index in [0.717, 1.165) is 18.8 Å². The first kappa shape index (κ1) is 5.35. The second kappa shape index (κ2) is 2.50. The highest BCUT2D eigenvalue weighted by molar-refractivity contribution is 5.83. The number of amidine groups is 1. The van der Waals surface area contributed by atoms with Crippen molar-refractivity contribution in [3.05, 3.63) is 12.3 Å². The first-order valence-electron chi connectivity index (χ1n) is 2.88. The largest absolute Gasteiger partial charge is 0.351 e. The van der Waals surface area contributed by atoms with Gasteiger partial charge in [-0.3, -0.25) is 4.99 Å². The maximum Gasteiger partial charge on any atom is 0.100 e. The van der Waals surface area contributed by atoms with Crippen LogP contribution in [0.25, 0.3) is 0 Å². The van der Waals surface area contributed by atoms with Gasteiger partial charge in [-0.15, -0.1) is 0 Å². The van der Waals surface area contributed by atoms with Crippen molar-refractivity contribution in [1.82, 2.24) is 5.32 Å². The van der Waals surface area contributed by atoms with Gasteiger partial charge in [0.1, 0.15) is 5.84 Å². The molecule has 0 atom stereocenters. The van der Waals surface area contributed by atoms with Gasteiger partial charge in [0.25, 0.3) is 0 Å². The molecule has 8 heavy (non-hydrogen) atoms. The second-order valence-electron chi connectivity index (χ2n) is 1.69. The SMILES string of the molecule is CCC1=NCC=CN1. The van der Waals surface area contributed by atoms with Crippen molar-refractivity contribution in [3.8, 4) is 0 Å². The molecule has 1 aliphatic rings. The van der Waals surface area contributed by atoms with Crippen molar-refractivity contribution in [2.75, 3.05) is 6.54 Å². The topological polar surface area (TPSA) is 24.4 Å². The predicted molar refractivity (Wildman–Crippen MR) is 34.9 cm³/mol. The summed E-state index contributed by atoms with van der Waals surface area (Å²) in [6.45, 7) is 2.93. The van der Waals surface area contributed by atoms with E-state index in [4.69, 9.17) is 0 Å². The van der Waals surface area contributed by atoms with E-state index < -0.39 is 0 Å². The predicted octanol–water partition coefficient (Wildman–Crippen LogP) is 0.912.